The molecule has 2 aromatic carbocycles. The van der Waals surface area contributed by atoms with Crippen LogP contribution in [-0.2, 0) is 11.3 Å². The van der Waals surface area contributed by atoms with Crippen LogP contribution in [0.25, 0.3) is 22.2 Å². The van der Waals surface area contributed by atoms with E-state index in [0.717, 1.165) is 11.1 Å². The van der Waals surface area contributed by atoms with Gasteiger partial charge in [0, 0.05) is 18.2 Å². The first-order valence-corrected chi connectivity index (χ1v) is 10.0. The lowest BCUT2D eigenvalue weighted by Crippen LogP contribution is -2.23. The van der Waals surface area contributed by atoms with Crippen molar-refractivity contribution in [2.75, 3.05) is 14.2 Å². The number of carbonyl (C=O) groups is 1. The van der Waals surface area contributed by atoms with Gasteiger partial charge in [0.2, 0.25) is 0 Å². The van der Waals surface area contributed by atoms with E-state index in [0.29, 0.717) is 34.4 Å². The number of rotatable bonds is 6. The second-order valence-electron chi connectivity index (χ2n) is 7.46. The van der Waals surface area contributed by atoms with Crippen molar-refractivity contribution in [2.24, 2.45) is 0 Å². The molecule has 0 atom stereocenters. The van der Waals surface area contributed by atoms with E-state index in [9.17, 15) is 14.0 Å². The van der Waals surface area contributed by atoms with Gasteiger partial charge in [-0.1, -0.05) is 6.07 Å². The molecule has 9 heteroatoms. The summed E-state index contributed by atoms with van der Waals surface area (Å²) in [4.78, 5) is 41.3. The van der Waals surface area contributed by atoms with Crippen molar-refractivity contribution in [3.8, 4) is 17.0 Å². The van der Waals surface area contributed by atoms with Gasteiger partial charge in [0.1, 0.15) is 17.4 Å². The molecule has 0 unspecified atom stereocenters. The van der Waals surface area contributed by atoms with Crippen LogP contribution in [0.5, 0.6) is 5.75 Å². The molecule has 168 valence electrons. The molecule has 0 saturated heterocycles. The summed E-state index contributed by atoms with van der Waals surface area (Å²) in [5.41, 5.74) is 5.35. The summed E-state index contributed by atoms with van der Waals surface area (Å²) in [7, 11) is 2.73. The number of methoxy groups -OCH3 is 1. The number of amides is 1. The Bertz CT molecular complexity index is 1380. The van der Waals surface area contributed by atoms with Crippen LogP contribution in [0.1, 0.15) is 27.3 Å². The lowest BCUT2D eigenvalue weighted by atomic mass is 10.1. The first-order chi connectivity index (χ1) is 15.9. The Hall–Kier alpha value is -4.11. The maximum Gasteiger partial charge on any atom is 0.278 e. The van der Waals surface area contributed by atoms with E-state index in [1.807, 2.05) is 19.1 Å². The number of nitrogens with zero attached hydrogens (tertiary/aromatic N) is 2. The highest BCUT2D eigenvalue weighted by atomic mass is 19.1. The van der Waals surface area contributed by atoms with Gasteiger partial charge in [-0.25, -0.2) is 14.9 Å². The molecule has 1 amide bonds. The number of carbonyl (C=O) groups excluding carboxylic acids is 1. The highest BCUT2D eigenvalue weighted by molar-refractivity contribution is 6.00. The second-order valence-corrected chi connectivity index (χ2v) is 7.46. The molecule has 0 fully saturated rings. The molecule has 2 N–H and O–H groups in total. The average molecular weight is 448 g/mol. The van der Waals surface area contributed by atoms with E-state index in [1.54, 1.807) is 12.3 Å². The third-order valence-electron chi connectivity index (χ3n) is 5.05. The number of fused-ring (bicyclic) bond motifs is 1. The fraction of sp³-hybridized carbons (Fsp3) is 0.167. The van der Waals surface area contributed by atoms with Crippen LogP contribution in [0.15, 0.2) is 53.5 Å². The quantitative estimate of drug-likeness (QED) is 0.439. The van der Waals surface area contributed by atoms with Crippen LogP contribution in [0.4, 0.5) is 4.39 Å². The Morgan fingerprint density at radius 3 is 2.64 bits per heavy atom. The van der Waals surface area contributed by atoms with Crippen molar-refractivity contribution in [2.45, 2.75) is 13.3 Å². The number of nitrogens with one attached hydrogen (secondary N) is 2. The van der Waals surface area contributed by atoms with Gasteiger partial charge < -0.3 is 9.72 Å². The van der Waals surface area contributed by atoms with Gasteiger partial charge >= 0.3 is 0 Å². The zero-order chi connectivity index (χ0) is 23.5. The van der Waals surface area contributed by atoms with Gasteiger partial charge in [0.05, 0.1) is 36.4 Å². The summed E-state index contributed by atoms with van der Waals surface area (Å²) < 4.78 is 18.9. The standard InChI is InChI=1S/C24H21FN4O4/c1-13-6-15(9-16(25)7-13)19-5-4-14(12-26-19)8-22-27-20-10-18(24(31)29-33-3)21(32-2)11-17(20)23(30)28-22/h4-7,9-12H,8H2,1-3H3,(H,29,31)(H,27,28,30). The molecule has 2 aromatic heterocycles. The average Bonchev–Trinajstić information content (AvgIpc) is 2.78. The van der Waals surface area contributed by atoms with Crippen LogP contribution in [-0.4, -0.2) is 35.1 Å². The lowest BCUT2D eigenvalue weighted by Gasteiger charge is -2.10. The van der Waals surface area contributed by atoms with E-state index >= 15 is 0 Å². The molecule has 33 heavy (non-hydrogen) atoms. The van der Waals surface area contributed by atoms with Crippen LogP contribution >= 0.6 is 0 Å². The summed E-state index contributed by atoms with van der Waals surface area (Å²) in [6.07, 6.45) is 1.97. The third-order valence-corrected chi connectivity index (χ3v) is 5.05. The van der Waals surface area contributed by atoms with Crippen molar-refractivity contribution >= 4 is 16.8 Å². The number of halogens is 1. The molecule has 8 nitrogen and oxygen atoms in total. The lowest BCUT2D eigenvalue weighted by molar-refractivity contribution is 0.0535. The maximum atomic E-state index is 13.7. The molecular formula is C24H21FN4O4. The van der Waals surface area contributed by atoms with Crippen molar-refractivity contribution < 1.29 is 18.8 Å². The second kappa shape index (κ2) is 9.17. The van der Waals surface area contributed by atoms with Crippen molar-refractivity contribution in [1.29, 1.82) is 0 Å². The Morgan fingerprint density at radius 1 is 1.15 bits per heavy atom. The smallest absolute Gasteiger partial charge is 0.278 e. The molecule has 0 aliphatic heterocycles. The SMILES string of the molecule is CONC(=O)c1cc2nc(Cc3ccc(-c4cc(C)cc(F)c4)nc3)[nH]c(=O)c2cc1OC. The highest BCUT2D eigenvalue weighted by Gasteiger charge is 2.16. The Labute approximate surface area is 188 Å². The first-order valence-electron chi connectivity index (χ1n) is 10.0. The minimum absolute atomic E-state index is 0.187. The minimum atomic E-state index is -0.521. The monoisotopic (exact) mass is 448 g/mol. The summed E-state index contributed by atoms with van der Waals surface area (Å²) in [5, 5.41) is 0.291. The van der Waals surface area contributed by atoms with E-state index < -0.39 is 5.91 Å². The molecule has 0 aliphatic carbocycles. The molecule has 0 saturated carbocycles. The maximum absolute atomic E-state index is 13.7. The number of hydroxylamine groups is 1. The molecule has 4 aromatic rings. The number of hydrogen-bond acceptors (Lipinski definition) is 6. The molecule has 4 rings (SSSR count). The van der Waals surface area contributed by atoms with E-state index in [2.05, 4.69) is 25.3 Å². The molecule has 0 bridgehead atoms. The Kier molecular flexibility index (Phi) is 6.14. The summed E-state index contributed by atoms with van der Waals surface area (Å²) in [5.74, 6) is -0.201. The summed E-state index contributed by atoms with van der Waals surface area (Å²) in [6.45, 7) is 1.82. The van der Waals surface area contributed by atoms with Gasteiger partial charge in [0.15, 0.2) is 0 Å². The highest BCUT2D eigenvalue weighted by Crippen LogP contribution is 2.24. The molecule has 0 spiro atoms. The fourth-order valence-electron chi connectivity index (χ4n) is 3.57. The van der Waals surface area contributed by atoms with Crippen LogP contribution in [0, 0.1) is 12.7 Å². The zero-order valence-corrected chi connectivity index (χ0v) is 18.2. The summed E-state index contributed by atoms with van der Waals surface area (Å²) >= 11 is 0. The Balaban J connectivity index is 1.66. The predicted octanol–water partition coefficient (Wildman–Crippen LogP) is 3.32. The molecule has 0 radical (unpaired) electrons. The topological polar surface area (TPSA) is 106 Å². The number of hydrogen-bond donors (Lipinski definition) is 2. The first kappa shape index (κ1) is 22.1. The fourth-order valence-corrected chi connectivity index (χ4v) is 3.57. The van der Waals surface area contributed by atoms with Gasteiger partial charge in [-0.3, -0.25) is 19.4 Å². The number of pyridine rings is 1. The molecule has 2 heterocycles. The number of ether oxygens (including phenoxy) is 1. The van der Waals surface area contributed by atoms with Crippen LogP contribution in [0.2, 0.25) is 0 Å². The minimum Gasteiger partial charge on any atom is -0.496 e. The van der Waals surface area contributed by atoms with E-state index in [4.69, 9.17) is 4.74 Å². The van der Waals surface area contributed by atoms with Crippen LogP contribution in [0.3, 0.4) is 0 Å². The molecule has 0 aliphatic rings. The molecular weight excluding hydrogens is 427 g/mol. The van der Waals surface area contributed by atoms with Gasteiger partial charge in [-0.05, 0) is 54.4 Å². The van der Waals surface area contributed by atoms with Gasteiger partial charge in [-0.2, -0.15) is 0 Å². The Morgan fingerprint density at radius 2 is 1.97 bits per heavy atom. The van der Waals surface area contributed by atoms with E-state index in [1.165, 1.54) is 38.5 Å². The number of H-pyrrole nitrogens is 1. The predicted molar refractivity (Wildman–Crippen MR) is 121 cm³/mol. The van der Waals surface area contributed by atoms with Crippen LogP contribution < -0.4 is 15.8 Å². The number of benzene rings is 2. The van der Waals surface area contributed by atoms with E-state index in [-0.39, 0.29) is 22.7 Å². The van der Waals surface area contributed by atoms with Crippen molar-refractivity contribution in [1.82, 2.24) is 20.4 Å². The van der Waals surface area contributed by atoms with Crippen molar-refractivity contribution in [3.05, 3.63) is 87.3 Å². The van der Waals surface area contributed by atoms with Gasteiger partial charge in [0.25, 0.3) is 11.5 Å². The largest absolute Gasteiger partial charge is 0.496 e. The number of aryl methyl sites for hydroxylation is 1. The number of aromatic amines is 1. The van der Waals surface area contributed by atoms with Crippen molar-refractivity contribution in [3.63, 3.8) is 0 Å². The number of aromatic nitrogens is 3. The normalized spacial score (nSPS) is 10.9. The van der Waals surface area contributed by atoms with Gasteiger partial charge in [-0.15, -0.1) is 0 Å². The zero-order valence-electron chi connectivity index (χ0n) is 18.2. The summed E-state index contributed by atoms with van der Waals surface area (Å²) in [6, 6.07) is 11.3. The third kappa shape index (κ3) is 4.73.